The molecule has 6 aromatic carbocycles. The van der Waals surface area contributed by atoms with Gasteiger partial charge < -0.3 is 13.6 Å². The standard InChI is InChI=1S/C36H22N2O/c1-3-11-23(12-4-1)37-29-17-9-7-16-26(29)35-30(37)19-20-31-36(35)28-22-34-27(25-15-8-10-18-33(25)39-34)21-32(28)38(31)24-13-5-2-6-14-24/h1-22H. The molecular formula is C36H22N2O. The van der Waals surface area contributed by atoms with Crippen LogP contribution in [-0.2, 0) is 0 Å². The van der Waals surface area contributed by atoms with Gasteiger partial charge in [0.2, 0.25) is 0 Å². The highest BCUT2D eigenvalue weighted by atomic mass is 16.3. The van der Waals surface area contributed by atoms with Crippen molar-refractivity contribution in [2.75, 3.05) is 0 Å². The van der Waals surface area contributed by atoms with Crippen LogP contribution < -0.4 is 0 Å². The third-order valence-corrected chi connectivity index (χ3v) is 8.09. The van der Waals surface area contributed by atoms with Crippen LogP contribution in [0.4, 0.5) is 0 Å². The highest BCUT2D eigenvalue weighted by molar-refractivity contribution is 6.30. The molecule has 0 bridgehead atoms. The van der Waals surface area contributed by atoms with Gasteiger partial charge in [-0.15, -0.1) is 0 Å². The second kappa shape index (κ2) is 7.62. The lowest BCUT2D eigenvalue weighted by Crippen LogP contribution is -1.94. The van der Waals surface area contributed by atoms with E-state index in [1.807, 2.05) is 6.07 Å². The fourth-order valence-corrected chi connectivity index (χ4v) is 6.49. The lowest BCUT2D eigenvalue weighted by Gasteiger charge is -2.09. The summed E-state index contributed by atoms with van der Waals surface area (Å²) in [6.45, 7) is 0. The number of nitrogens with zero attached hydrogens (tertiary/aromatic N) is 2. The van der Waals surface area contributed by atoms with Crippen LogP contribution in [0, 0.1) is 0 Å². The Morgan fingerprint density at radius 1 is 0.359 bits per heavy atom. The first kappa shape index (κ1) is 20.7. The normalized spacial score (nSPS) is 12.1. The van der Waals surface area contributed by atoms with Gasteiger partial charge in [-0.05, 0) is 60.7 Å². The molecule has 0 fully saturated rings. The summed E-state index contributed by atoms with van der Waals surface area (Å²) in [4.78, 5) is 0. The average molecular weight is 499 g/mol. The van der Waals surface area contributed by atoms with E-state index in [4.69, 9.17) is 4.42 Å². The topological polar surface area (TPSA) is 23.0 Å². The number of fused-ring (bicyclic) bond motifs is 10. The van der Waals surface area contributed by atoms with E-state index in [1.54, 1.807) is 0 Å². The SMILES string of the molecule is c1ccc(-n2c3ccccc3c3c4c5cc6oc7ccccc7c6cc5n(-c5ccccc5)c4ccc32)cc1. The van der Waals surface area contributed by atoms with E-state index in [-0.39, 0.29) is 0 Å². The summed E-state index contributed by atoms with van der Waals surface area (Å²) < 4.78 is 11.2. The molecule has 3 heterocycles. The van der Waals surface area contributed by atoms with Crippen LogP contribution in [0.3, 0.4) is 0 Å². The zero-order valence-electron chi connectivity index (χ0n) is 21.0. The van der Waals surface area contributed by atoms with Crippen molar-refractivity contribution in [1.82, 2.24) is 9.13 Å². The van der Waals surface area contributed by atoms with Gasteiger partial charge in [-0.1, -0.05) is 72.8 Å². The zero-order valence-corrected chi connectivity index (χ0v) is 21.0. The van der Waals surface area contributed by atoms with Crippen LogP contribution in [0.15, 0.2) is 138 Å². The molecule has 182 valence electrons. The third-order valence-electron chi connectivity index (χ3n) is 8.09. The number of benzene rings is 6. The predicted octanol–water partition coefficient (Wildman–Crippen LogP) is 9.78. The first-order valence-electron chi connectivity index (χ1n) is 13.3. The minimum absolute atomic E-state index is 0.916. The molecule has 3 heteroatoms. The molecule has 0 atom stereocenters. The fourth-order valence-electron chi connectivity index (χ4n) is 6.49. The molecule has 3 nitrogen and oxygen atoms in total. The van der Waals surface area contributed by atoms with Crippen molar-refractivity contribution in [3.8, 4) is 11.4 Å². The van der Waals surface area contributed by atoms with Gasteiger partial charge >= 0.3 is 0 Å². The van der Waals surface area contributed by atoms with Crippen molar-refractivity contribution >= 4 is 65.6 Å². The summed E-state index contributed by atoms with van der Waals surface area (Å²) in [6.07, 6.45) is 0. The van der Waals surface area contributed by atoms with Crippen LogP contribution in [0.5, 0.6) is 0 Å². The second-order valence-electron chi connectivity index (χ2n) is 10.2. The van der Waals surface area contributed by atoms with E-state index in [9.17, 15) is 0 Å². The van der Waals surface area contributed by atoms with Crippen molar-refractivity contribution in [3.63, 3.8) is 0 Å². The first-order valence-corrected chi connectivity index (χ1v) is 13.3. The largest absolute Gasteiger partial charge is 0.456 e. The molecule has 0 saturated carbocycles. The molecule has 0 spiro atoms. The van der Waals surface area contributed by atoms with Gasteiger partial charge in [0.25, 0.3) is 0 Å². The average Bonchev–Trinajstić information content (AvgIpc) is 3.64. The van der Waals surface area contributed by atoms with Crippen molar-refractivity contribution in [2.45, 2.75) is 0 Å². The molecule has 0 aliphatic carbocycles. The Hall–Kier alpha value is -5.28. The maximum atomic E-state index is 6.38. The molecule has 0 saturated heterocycles. The summed E-state index contributed by atoms with van der Waals surface area (Å²) in [7, 11) is 0. The van der Waals surface area contributed by atoms with Crippen molar-refractivity contribution in [3.05, 3.63) is 133 Å². The smallest absolute Gasteiger partial charge is 0.136 e. The Kier molecular flexibility index (Phi) is 4.05. The van der Waals surface area contributed by atoms with Gasteiger partial charge in [0.1, 0.15) is 11.2 Å². The first-order chi connectivity index (χ1) is 19.4. The highest BCUT2D eigenvalue weighted by Crippen LogP contribution is 2.44. The van der Waals surface area contributed by atoms with Gasteiger partial charge in [0.15, 0.2) is 0 Å². The van der Waals surface area contributed by atoms with Crippen molar-refractivity contribution < 1.29 is 4.42 Å². The van der Waals surface area contributed by atoms with Gasteiger partial charge in [0, 0.05) is 43.7 Å². The van der Waals surface area contributed by atoms with Crippen LogP contribution in [0.1, 0.15) is 0 Å². The number of furan rings is 1. The number of para-hydroxylation sites is 4. The van der Waals surface area contributed by atoms with Crippen LogP contribution >= 0.6 is 0 Å². The second-order valence-corrected chi connectivity index (χ2v) is 10.2. The highest BCUT2D eigenvalue weighted by Gasteiger charge is 2.21. The minimum atomic E-state index is 0.916. The van der Waals surface area contributed by atoms with Gasteiger partial charge in [-0.2, -0.15) is 0 Å². The summed E-state index contributed by atoms with van der Waals surface area (Å²) in [5.74, 6) is 0. The summed E-state index contributed by atoms with van der Waals surface area (Å²) in [6, 6.07) is 47.5. The molecule has 0 N–H and O–H groups in total. The van der Waals surface area contributed by atoms with E-state index in [1.165, 1.54) is 43.6 Å². The number of hydrogen-bond acceptors (Lipinski definition) is 1. The Labute approximate surface area is 223 Å². The van der Waals surface area contributed by atoms with Crippen LogP contribution in [0.2, 0.25) is 0 Å². The maximum absolute atomic E-state index is 6.38. The number of aromatic nitrogens is 2. The van der Waals surface area contributed by atoms with Crippen molar-refractivity contribution in [2.24, 2.45) is 0 Å². The Bertz CT molecular complexity index is 2370. The van der Waals surface area contributed by atoms with Crippen molar-refractivity contribution in [1.29, 1.82) is 0 Å². The predicted molar refractivity (Wildman–Crippen MR) is 162 cm³/mol. The molecule has 9 rings (SSSR count). The molecule has 3 aromatic heterocycles. The molecule has 0 aliphatic heterocycles. The van der Waals surface area contributed by atoms with Gasteiger partial charge in [0.05, 0.1) is 22.1 Å². The van der Waals surface area contributed by atoms with E-state index in [0.717, 1.165) is 33.3 Å². The molecule has 0 aliphatic rings. The lowest BCUT2D eigenvalue weighted by molar-refractivity contribution is 0.669. The molecule has 9 aromatic rings. The van der Waals surface area contributed by atoms with Gasteiger partial charge in [-0.3, -0.25) is 0 Å². The third kappa shape index (κ3) is 2.76. The van der Waals surface area contributed by atoms with E-state index in [0.29, 0.717) is 0 Å². The van der Waals surface area contributed by atoms with Crippen LogP contribution in [-0.4, -0.2) is 9.13 Å². The molecule has 39 heavy (non-hydrogen) atoms. The lowest BCUT2D eigenvalue weighted by atomic mass is 10.0. The molecule has 0 unspecified atom stereocenters. The zero-order chi connectivity index (χ0) is 25.5. The fraction of sp³-hybridized carbons (Fsp3) is 0. The van der Waals surface area contributed by atoms with E-state index in [2.05, 4.69) is 137 Å². The number of hydrogen-bond donors (Lipinski definition) is 0. The Balaban J connectivity index is 1.54. The van der Waals surface area contributed by atoms with E-state index < -0.39 is 0 Å². The Morgan fingerprint density at radius 3 is 1.64 bits per heavy atom. The maximum Gasteiger partial charge on any atom is 0.136 e. The van der Waals surface area contributed by atoms with Gasteiger partial charge in [-0.25, -0.2) is 0 Å². The minimum Gasteiger partial charge on any atom is -0.456 e. The number of rotatable bonds is 2. The molecular weight excluding hydrogens is 476 g/mol. The van der Waals surface area contributed by atoms with Crippen LogP contribution in [0.25, 0.3) is 76.9 Å². The molecule has 0 amide bonds. The Morgan fingerprint density at radius 2 is 0.923 bits per heavy atom. The summed E-state index contributed by atoms with van der Waals surface area (Å²) in [5.41, 5.74) is 8.92. The summed E-state index contributed by atoms with van der Waals surface area (Å²) in [5, 5.41) is 7.24. The monoisotopic (exact) mass is 498 g/mol. The van der Waals surface area contributed by atoms with E-state index >= 15 is 0 Å². The molecule has 0 radical (unpaired) electrons. The summed E-state index contributed by atoms with van der Waals surface area (Å²) >= 11 is 0. The quantitative estimate of drug-likeness (QED) is 0.233.